The topological polar surface area (TPSA) is 49.4 Å². The first-order valence-corrected chi connectivity index (χ1v) is 8.92. The standard InChI is InChI=1S/C23H20N2O2/c1-15-7-3-6-10-21(15)25-22(19-8-4-5-9-20(19)23(25)27)24-18-13-11-17(12-14-18)16(2)26/h3-14,22,24H,1-2H3/t22-/m1/s1. The van der Waals surface area contributed by atoms with Crippen LogP contribution in [0.4, 0.5) is 11.4 Å². The second-order valence-corrected chi connectivity index (χ2v) is 6.73. The second-order valence-electron chi connectivity index (χ2n) is 6.73. The van der Waals surface area contributed by atoms with Crippen molar-refractivity contribution in [3.63, 3.8) is 0 Å². The summed E-state index contributed by atoms with van der Waals surface area (Å²) < 4.78 is 0. The molecule has 4 nitrogen and oxygen atoms in total. The van der Waals surface area contributed by atoms with E-state index in [0.717, 1.165) is 22.5 Å². The van der Waals surface area contributed by atoms with E-state index in [9.17, 15) is 9.59 Å². The van der Waals surface area contributed by atoms with Crippen molar-refractivity contribution in [3.05, 3.63) is 95.1 Å². The van der Waals surface area contributed by atoms with E-state index < -0.39 is 0 Å². The Hall–Kier alpha value is -3.40. The number of para-hydroxylation sites is 1. The number of hydrogen-bond donors (Lipinski definition) is 1. The molecule has 4 rings (SSSR count). The number of aryl methyl sites for hydroxylation is 1. The van der Waals surface area contributed by atoms with E-state index in [-0.39, 0.29) is 17.9 Å². The molecule has 1 aliphatic heterocycles. The molecule has 4 heteroatoms. The first kappa shape index (κ1) is 17.0. The molecule has 1 N–H and O–H groups in total. The molecule has 134 valence electrons. The molecule has 1 atom stereocenters. The van der Waals surface area contributed by atoms with Crippen LogP contribution in [-0.2, 0) is 0 Å². The minimum Gasteiger partial charge on any atom is -0.361 e. The largest absolute Gasteiger partial charge is 0.361 e. The van der Waals surface area contributed by atoms with Gasteiger partial charge in [0.2, 0.25) is 0 Å². The van der Waals surface area contributed by atoms with E-state index in [4.69, 9.17) is 0 Å². The van der Waals surface area contributed by atoms with Crippen molar-refractivity contribution in [1.82, 2.24) is 0 Å². The summed E-state index contributed by atoms with van der Waals surface area (Å²) >= 11 is 0. The Bertz CT molecular complexity index is 1020. The van der Waals surface area contributed by atoms with Crippen molar-refractivity contribution >= 4 is 23.1 Å². The molecule has 27 heavy (non-hydrogen) atoms. The third-order valence-electron chi connectivity index (χ3n) is 4.93. The Kier molecular flexibility index (Phi) is 4.24. The summed E-state index contributed by atoms with van der Waals surface area (Å²) in [6.07, 6.45) is -0.307. The highest BCUT2D eigenvalue weighted by molar-refractivity contribution is 6.11. The van der Waals surface area contributed by atoms with Gasteiger partial charge < -0.3 is 5.32 Å². The Morgan fingerprint density at radius 2 is 1.59 bits per heavy atom. The quantitative estimate of drug-likeness (QED) is 0.672. The van der Waals surface area contributed by atoms with Crippen molar-refractivity contribution in [1.29, 1.82) is 0 Å². The summed E-state index contributed by atoms with van der Waals surface area (Å²) in [4.78, 5) is 26.4. The molecule has 0 spiro atoms. The van der Waals surface area contributed by atoms with Gasteiger partial charge in [0.1, 0.15) is 6.17 Å². The third-order valence-corrected chi connectivity index (χ3v) is 4.93. The predicted molar refractivity (Wildman–Crippen MR) is 107 cm³/mol. The fourth-order valence-corrected chi connectivity index (χ4v) is 3.50. The van der Waals surface area contributed by atoms with Gasteiger partial charge in [-0.1, -0.05) is 36.4 Å². The molecular weight excluding hydrogens is 336 g/mol. The third kappa shape index (κ3) is 2.99. The van der Waals surface area contributed by atoms with E-state index in [1.54, 1.807) is 24.0 Å². The van der Waals surface area contributed by atoms with E-state index in [2.05, 4.69) is 5.32 Å². The molecule has 0 aromatic heterocycles. The van der Waals surface area contributed by atoms with Crippen LogP contribution in [0.1, 0.15) is 44.9 Å². The highest BCUT2D eigenvalue weighted by Gasteiger charge is 2.38. The zero-order valence-corrected chi connectivity index (χ0v) is 15.3. The number of fused-ring (bicyclic) bond motifs is 1. The lowest BCUT2D eigenvalue weighted by Gasteiger charge is -2.28. The van der Waals surface area contributed by atoms with Crippen LogP contribution in [0.25, 0.3) is 0 Å². The Labute approximate surface area is 158 Å². The van der Waals surface area contributed by atoms with Gasteiger partial charge in [-0.25, -0.2) is 0 Å². The van der Waals surface area contributed by atoms with Crippen LogP contribution in [0.3, 0.4) is 0 Å². The van der Waals surface area contributed by atoms with Crippen LogP contribution in [-0.4, -0.2) is 11.7 Å². The van der Waals surface area contributed by atoms with Crippen LogP contribution in [0.15, 0.2) is 72.8 Å². The number of carbonyl (C=O) groups is 2. The summed E-state index contributed by atoms with van der Waals surface area (Å²) in [6.45, 7) is 3.55. The lowest BCUT2D eigenvalue weighted by atomic mass is 10.1. The highest BCUT2D eigenvalue weighted by atomic mass is 16.2. The monoisotopic (exact) mass is 356 g/mol. The summed E-state index contributed by atoms with van der Waals surface area (Å²) in [5, 5.41) is 3.46. The normalized spacial score (nSPS) is 15.6. The molecular formula is C23H20N2O2. The van der Waals surface area contributed by atoms with Crippen LogP contribution < -0.4 is 10.2 Å². The molecule has 0 saturated heterocycles. The van der Waals surface area contributed by atoms with E-state index in [0.29, 0.717) is 11.1 Å². The molecule has 3 aromatic carbocycles. The first-order chi connectivity index (χ1) is 13.1. The van der Waals surface area contributed by atoms with Crippen LogP contribution in [0.5, 0.6) is 0 Å². The van der Waals surface area contributed by atoms with Gasteiger partial charge >= 0.3 is 0 Å². The highest BCUT2D eigenvalue weighted by Crippen LogP contribution is 2.39. The lowest BCUT2D eigenvalue weighted by molar-refractivity contribution is 0.0990. The van der Waals surface area contributed by atoms with Gasteiger partial charge in [0.05, 0.1) is 0 Å². The molecule has 1 heterocycles. The Morgan fingerprint density at radius 1 is 0.926 bits per heavy atom. The van der Waals surface area contributed by atoms with Gasteiger partial charge in [0.15, 0.2) is 5.78 Å². The summed E-state index contributed by atoms with van der Waals surface area (Å²) in [5.41, 5.74) is 5.10. The number of rotatable bonds is 4. The average Bonchev–Trinajstić information content (AvgIpc) is 2.95. The van der Waals surface area contributed by atoms with Gasteiger partial charge in [-0.15, -0.1) is 0 Å². The van der Waals surface area contributed by atoms with Crippen molar-refractivity contribution in [2.24, 2.45) is 0 Å². The molecule has 0 bridgehead atoms. The zero-order valence-electron chi connectivity index (χ0n) is 15.3. The maximum atomic E-state index is 13.1. The van der Waals surface area contributed by atoms with Crippen molar-refractivity contribution in [2.75, 3.05) is 10.2 Å². The van der Waals surface area contributed by atoms with Crippen LogP contribution in [0, 0.1) is 6.92 Å². The minimum absolute atomic E-state index is 0.0160. The lowest BCUT2D eigenvalue weighted by Crippen LogP contribution is -2.32. The van der Waals surface area contributed by atoms with E-state index >= 15 is 0 Å². The smallest absolute Gasteiger partial charge is 0.260 e. The number of benzene rings is 3. The van der Waals surface area contributed by atoms with Gasteiger partial charge in [-0.05, 0) is 55.8 Å². The summed E-state index contributed by atoms with van der Waals surface area (Å²) in [5.74, 6) is 0.0160. The molecule has 0 fully saturated rings. The molecule has 0 aliphatic carbocycles. The number of carbonyl (C=O) groups excluding carboxylic acids is 2. The van der Waals surface area contributed by atoms with Crippen molar-refractivity contribution in [2.45, 2.75) is 20.0 Å². The molecule has 3 aromatic rings. The zero-order chi connectivity index (χ0) is 19.0. The Morgan fingerprint density at radius 3 is 2.30 bits per heavy atom. The number of anilines is 2. The van der Waals surface area contributed by atoms with E-state index in [1.165, 1.54) is 0 Å². The number of ketones is 1. The van der Waals surface area contributed by atoms with Crippen molar-refractivity contribution < 1.29 is 9.59 Å². The van der Waals surface area contributed by atoms with Crippen molar-refractivity contribution in [3.8, 4) is 0 Å². The average molecular weight is 356 g/mol. The van der Waals surface area contributed by atoms with Gasteiger partial charge in [-0.2, -0.15) is 0 Å². The number of nitrogens with one attached hydrogen (secondary N) is 1. The van der Waals surface area contributed by atoms with Gasteiger partial charge in [0, 0.05) is 28.1 Å². The van der Waals surface area contributed by atoms with Gasteiger partial charge in [-0.3, -0.25) is 14.5 Å². The van der Waals surface area contributed by atoms with Crippen LogP contribution in [0.2, 0.25) is 0 Å². The first-order valence-electron chi connectivity index (χ1n) is 8.92. The fraction of sp³-hybridized carbons (Fsp3) is 0.130. The second kappa shape index (κ2) is 6.72. The number of Topliss-reactive ketones (excluding diaryl/α,β-unsaturated/α-hetero) is 1. The van der Waals surface area contributed by atoms with Gasteiger partial charge in [0.25, 0.3) is 5.91 Å². The maximum Gasteiger partial charge on any atom is 0.260 e. The summed E-state index contributed by atoms with van der Waals surface area (Å²) in [7, 11) is 0. The minimum atomic E-state index is -0.307. The number of hydrogen-bond acceptors (Lipinski definition) is 3. The molecule has 0 radical (unpaired) electrons. The molecule has 0 saturated carbocycles. The van der Waals surface area contributed by atoms with E-state index in [1.807, 2.05) is 67.6 Å². The fourth-order valence-electron chi connectivity index (χ4n) is 3.50. The maximum absolute atomic E-state index is 13.1. The molecule has 0 unspecified atom stereocenters. The Balaban J connectivity index is 1.76. The van der Waals surface area contributed by atoms with Crippen LogP contribution >= 0.6 is 0 Å². The summed E-state index contributed by atoms with van der Waals surface area (Å²) in [6, 6.07) is 22.9. The number of amides is 1. The molecule has 1 aliphatic rings. The predicted octanol–water partition coefficient (Wildman–Crippen LogP) is 4.97. The number of nitrogens with zero attached hydrogens (tertiary/aromatic N) is 1. The molecule has 1 amide bonds. The SMILES string of the molecule is CC(=O)c1ccc(N[C@H]2c3ccccc3C(=O)N2c2ccccc2C)cc1.